The number of amides is 1. The quantitative estimate of drug-likeness (QED) is 0.519. The molecule has 182 valence electrons. The number of carbonyl (C=O) groups is 1. The molecule has 0 aromatic carbocycles. The normalized spacial score (nSPS) is 17.1. The third-order valence-corrected chi connectivity index (χ3v) is 6.75. The molecule has 1 fully saturated rings. The average molecular weight is 477 g/mol. The van der Waals surface area contributed by atoms with Gasteiger partial charge in [-0.3, -0.25) is 14.7 Å². The van der Waals surface area contributed by atoms with Gasteiger partial charge in [-0.05, 0) is 55.0 Å². The van der Waals surface area contributed by atoms with E-state index in [-0.39, 0.29) is 23.4 Å². The summed E-state index contributed by atoms with van der Waals surface area (Å²) in [6.07, 6.45) is 0.672. The van der Waals surface area contributed by atoms with Crippen molar-refractivity contribution in [3.05, 3.63) is 64.8 Å². The zero-order chi connectivity index (χ0) is 24.7. The highest BCUT2D eigenvalue weighted by Crippen LogP contribution is 2.52. The van der Waals surface area contributed by atoms with Crippen LogP contribution in [0.5, 0.6) is 0 Å². The molecule has 0 atom stereocenters. The lowest BCUT2D eigenvalue weighted by Gasteiger charge is -2.30. The van der Waals surface area contributed by atoms with Gasteiger partial charge < -0.3 is 5.73 Å². The van der Waals surface area contributed by atoms with Crippen LogP contribution in [0.1, 0.15) is 65.5 Å². The molecule has 0 saturated heterocycles. The van der Waals surface area contributed by atoms with Gasteiger partial charge in [-0.15, -0.1) is 0 Å². The van der Waals surface area contributed by atoms with Crippen molar-refractivity contribution in [1.29, 1.82) is 0 Å². The van der Waals surface area contributed by atoms with Crippen LogP contribution in [0, 0.1) is 0 Å². The summed E-state index contributed by atoms with van der Waals surface area (Å²) in [6, 6.07) is 5.07. The second-order valence-corrected chi connectivity index (χ2v) is 9.13. The molecule has 4 rings (SSSR count). The minimum atomic E-state index is -4.06. The molecule has 0 unspecified atom stereocenters. The summed E-state index contributed by atoms with van der Waals surface area (Å²) >= 11 is 0. The van der Waals surface area contributed by atoms with E-state index < -0.39 is 18.8 Å². The Bertz CT molecular complexity index is 1110. The van der Waals surface area contributed by atoms with Gasteiger partial charge in [0.15, 0.2) is 0 Å². The first-order chi connectivity index (χ1) is 16.1. The van der Waals surface area contributed by atoms with Crippen LogP contribution in [-0.4, -0.2) is 34.8 Å². The number of alkyl halides is 4. The molecule has 1 saturated carbocycles. The van der Waals surface area contributed by atoms with Gasteiger partial charge in [-0.2, -0.15) is 0 Å². The molecule has 2 N–H and O–H groups in total. The minimum Gasteiger partial charge on any atom is -0.402 e. The van der Waals surface area contributed by atoms with Crippen LogP contribution in [0.3, 0.4) is 0 Å². The molecule has 2 aliphatic rings. The summed E-state index contributed by atoms with van der Waals surface area (Å²) in [5, 5.41) is 0. The Hall–Kier alpha value is -2.97. The Kier molecular flexibility index (Phi) is 6.40. The summed E-state index contributed by atoms with van der Waals surface area (Å²) in [6.45, 7) is 6.33. The van der Waals surface area contributed by atoms with Crippen LogP contribution in [-0.2, 0) is 24.7 Å². The van der Waals surface area contributed by atoms with Crippen molar-refractivity contribution in [1.82, 2.24) is 9.97 Å². The molecule has 1 aliphatic carbocycles. The van der Waals surface area contributed by atoms with Crippen LogP contribution in [0.2, 0.25) is 0 Å². The van der Waals surface area contributed by atoms with E-state index in [2.05, 4.69) is 29.5 Å². The van der Waals surface area contributed by atoms with E-state index in [0.717, 1.165) is 36.8 Å². The summed E-state index contributed by atoms with van der Waals surface area (Å²) in [5.74, 6) is -3.73. The predicted octanol–water partition coefficient (Wildman–Crippen LogP) is 4.97. The van der Waals surface area contributed by atoms with Crippen molar-refractivity contribution in [2.24, 2.45) is 5.73 Å². The molecular weight excluding hydrogens is 448 g/mol. The van der Waals surface area contributed by atoms with E-state index in [1.807, 2.05) is 0 Å². The lowest BCUT2D eigenvalue weighted by molar-refractivity contribution is -0.132. The highest BCUT2D eigenvalue weighted by atomic mass is 19.3. The standard InChI is InChI=1S/C25H28F4N4O/c1-3-4-16-13-17(24(10-11-24)15(2)30)14-31-21(16)33-12-8-20-19(22(33)34)6-5-18(32-20)7-9-25(28,29)23(26)27/h5-6,13-14,23H,2-4,7-12,30H2,1H3. The van der Waals surface area contributed by atoms with Gasteiger partial charge in [0.2, 0.25) is 0 Å². The summed E-state index contributed by atoms with van der Waals surface area (Å²) < 4.78 is 51.4. The molecule has 0 spiro atoms. The van der Waals surface area contributed by atoms with Gasteiger partial charge in [0.25, 0.3) is 5.91 Å². The van der Waals surface area contributed by atoms with E-state index in [9.17, 15) is 22.4 Å². The summed E-state index contributed by atoms with van der Waals surface area (Å²) in [5.41, 5.74) is 9.55. The molecule has 34 heavy (non-hydrogen) atoms. The highest BCUT2D eigenvalue weighted by Gasteiger charge is 2.46. The molecule has 3 heterocycles. The number of rotatable bonds is 9. The summed E-state index contributed by atoms with van der Waals surface area (Å²) in [7, 11) is 0. The Balaban J connectivity index is 1.57. The van der Waals surface area contributed by atoms with Crippen molar-refractivity contribution >= 4 is 11.7 Å². The second kappa shape index (κ2) is 9.00. The number of fused-ring (bicyclic) bond motifs is 1. The number of hydrogen-bond donors (Lipinski definition) is 1. The maximum Gasteiger partial charge on any atom is 0.307 e. The number of nitrogens with zero attached hydrogens (tertiary/aromatic N) is 3. The number of anilines is 1. The van der Waals surface area contributed by atoms with E-state index in [4.69, 9.17) is 5.73 Å². The fourth-order valence-electron chi connectivity index (χ4n) is 4.52. The topological polar surface area (TPSA) is 72.1 Å². The smallest absolute Gasteiger partial charge is 0.307 e. The van der Waals surface area contributed by atoms with E-state index >= 15 is 0 Å². The number of carbonyl (C=O) groups excluding carboxylic acids is 1. The van der Waals surface area contributed by atoms with Crippen molar-refractivity contribution in [2.75, 3.05) is 11.4 Å². The number of aromatic nitrogens is 2. The monoisotopic (exact) mass is 476 g/mol. The van der Waals surface area contributed by atoms with Crippen LogP contribution in [0.4, 0.5) is 23.4 Å². The van der Waals surface area contributed by atoms with Gasteiger partial charge in [-0.1, -0.05) is 19.9 Å². The lowest BCUT2D eigenvalue weighted by Crippen LogP contribution is -2.39. The first-order valence-electron chi connectivity index (χ1n) is 11.5. The molecule has 0 radical (unpaired) electrons. The third-order valence-electron chi connectivity index (χ3n) is 6.75. The fourth-order valence-corrected chi connectivity index (χ4v) is 4.52. The predicted molar refractivity (Wildman–Crippen MR) is 121 cm³/mol. The lowest BCUT2D eigenvalue weighted by atomic mass is 9.92. The maximum absolute atomic E-state index is 13.3. The molecule has 1 aliphatic heterocycles. The molecule has 2 aromatic rings. The third kappa shape index (κ3) is 4.40. The average Bonchev–Trinajstić information content (AvgIpc) is 3.61. The number of halogens is 4. The van der Waals surface area contributed by atoms with Crippen LogP contribution < -0.4 is 10.6 Å². The molecular formula is C25H28F4N4O. The summed E-state index contributed by atoms with van der Waals surface area (Å²) in [4.78, 5) is 23.9. The van der Waals surface area contributed by atoms with Crippen molar-refractivity contribution in [3.63, 3.8) is 0 Å². The molecule has 5 nitrogen and oxygen atoms in total. The number of pyridine rings is 2. The fraction of sp³-hybridized carbons (Fsp3) is 0.480. The molecule has 2 aromatic heterocycles. The zero-order valence-electron chi connectivity index (χ0n) is 19.1. The highest BCUT2D eigenvalue weighted by molar-refractivity contribution is 6.07. The number of aryl methyl sites for hydroxylation is 2. The zero-order valence-corrected chi connectivity index (χ0v) is 19.1. The van der Waals surface area contributed by atoms with Gasteiger partial charge in [0, 0.05) is 42.4 Å². The first kappa shape index (κ1) is 24.2. The van der Waals surface area contributed by atoms with Crippen LogP contribution >= 0.6 is 0 Å². The largest absolute Gasteiger partial charge is 0.402 e. The van der Waals surface area contributed by atoms with E-state index in [1.165, 1.54) is 12.1 Å². The SMILES string of the molecule is C=C(N)C1(c2cnc(N3CCc4nc(CCC(F)(F)C(F)F)ccc4C3=O)c(CCC)c2)CC1. The van der Waals surface area contributed by atoms with E-state index in [0.29, 0.717) is 35.7 Å². The van der Waals surface area contributed by atoms with Gasteiger partial charge in [0.05, 0.1) is 11.3 Å². The van der Waals surface area contributed by atoms with Crippen molar-refractivity contribution in [3.8, 4) is 0 Å². The van der Waals surface area contributed by atoms with Crippen LogP contribution in [0.15, 0.2) is 36.7 Å². The Morgan fingerprint density at radius 2 is 2.03 bits per heavy atom. The van der Waals surface area contributed by atoms with Crippen molar-refractivity contribution < 1.29 is 22.4 Å². The second-order valence-electron chi connectivity index (χ2n) is 9.13. The van der Waals surface area contributed by atoms with Gasteiger partial charge in [-0.25, -0.2) is 22.5 Å². The maximum atomic E-state index is 13.3. The van der Waals surface area contributed by atoms with Gasteiger partial charge in [0.1, 0.15) is 5.82 Å². The molecule has 0 bridgehead atoms. The first-order valence-corrected chi connectivity index (χ1v) is 11.5. The number of allylic oxidation sites excluding steroid dienone is 1. The minimum absolute atomic E-state index is 0.228. The van der Waals surface area contributed by atoms with E-state index in [1.54, 1.807) is 11.1 Å². The molecule has 1 amide bonds. The Labute approximate surface area is 196 Å². The number of hydrogen-bond acceptors (Lipinski definition) is 4. The number of nitrogens with two attached hydrogens (primary N) is 1. The van der Waals surface area contributed by atoms with Crippen LogP contribution in [0.25, 0.3) is 0 Å². The van der Waals surface area contributed by atoms with Gasteiger partial charge >= 0.3 is 12.3 Å². The Morgan fingerprint density at radius 3 is 2.65 bits per heavy atom. The van der Waals surface area contributed by atoms with Crippen molar-refractivity contribution in [2.45, 2.75) is 69.6 Å². The molecule has 9 heteroatoms. The Morgan fingerprint density at radius 1 is 1.29 bits per heavy atom.